The number of benzene rings is 1. The van der Waals surface area contributed by atoms with Gasteiger partial charge in [0.25, 0.3) is 0 Å². The van der Waals surface area contributed by atoms with Crippen LogP contribution in [0, 0.1) is 0 Å². The molecule has 4 heteroatoms. The summed E-state index contributed by atoms with van der Waals surface area (Å²) in [7, 11) is 1.97. The summed E-state index contributed by atoms with van der Waals surface area (Å²) in [5.74, 6) is 1.06. The molecule has 1 aliphatic carbocycles. The van der Waals surface area contributed by atoms with Gasteiger partial charge in [-0.15, -0.1) is 0 Å². The lowest BCUT2D eigenvalue weighted by Crippen LogP contribution is -2.54. The topological polar surface area (TPSA) is 42.7 Å². The Morgan fingerprint density at radius 3 is 2.57 bits per heavy atom. The minimum atomic E-state index is 0.253. The average molecular weight is 284 g/mol. The van der Waals surface area contributed by atoms with Crippen molar-refractivity contribution in [1.29, 1.82) is 0 Å². The Bertz CT molecular complexity index is 571. The van der Waals surface area contributed by atoms with Gasteiger partial charge >= 0.3 is 0 Å². The van der Waals surface area contributed by atoms with Crippen LogP contribution in [0.25, 0.3) is 0 Å². The van der Waals surface area contributed by atoms with E-state index < -0.39 is 0 Å². The molecule has 1 fully saturated rings. The second kappa shape index (κ2) is 5.98. The minimum Gasteiger partial charge on any atom is -0.313 e. The third-order valence-electron chi connectivity index (χ3n) is 4.90. The molecule has 3 rings (SSSR count). The van der Waals surface area contributed by atoms with E-state index in [1.807, 2.05) is 11.7 Å². The number of hydrogen-bond donors (Lipinski definition) is 1. The molecule has 0 radical (unpaired) electrons. The highest BCUT2D eigenvalue weighted by Crippen LogP contribution is 2.47. The highest BCUT2D eigenvalue weighted by Gasteiger charge is 2.45. The Labute approximate surface area is 126 Å². The van der Waals surface area contributed by atoms with E-state index in [-0.39, 0.29) is 5.41 Å². The van der Waals surface area contributed by atoms with Crippen molar-refractivity contribution in [3.05, 3.63) is 48.0 Å². The van der Waals surface area contributed by atoms with Crippen LogP contribution in [0.3, 0.4) is 0 Å². The van der Waals surface area contributed by atoms with Gasteiger partial charge in [-0.05, 0) is 24.9 Å². The first-order chi connectivity index (χ1) is 10.3. The Kier molecular flexibility index (Phi) is 4.06. The molecule has 0 spiro atoms. The van der Waals surface area contributed by atoms with Gasteiger partial charge < -0.3 is 5.32 Å². The van der Waals surface area contributed by atoms with E-state index in [2.05, 4.69) is 52.7 Å². The quantitative estimate of drug-likeness (QED) is 0.886. The van der Waals surface area contributed by atoms with Crippen molar-refractivity contribution in [3.63, 3.8) is 0 Å². The van der Waals surface area contributed by atoms with Crippen LogP contribution in [0.1, 0.15) is 37.6 Å². The summed E-state index contributed by atoms with van der Waals surface area (Å²) in [6.07, 6.45) is 6.40. The summed E-state index contributed by atoms with van der Waals surface area (Å²) in [5, 5.41) is 7.91. The fourth-order valence-corrected chi connectivity index (χ4v) is 3.56. The van der Waals surface area contributed by atoms with Gasteiger partial charge in [-0.25, -0.2) is 4.98 Å². The largest absolute Gasteiger partial charge is 0.313 e. The molecule has 0 saturated heterocycles. The summed E-state index contributed by atoms with van der Waals surface area (Å²) in [6.45, 7) is 3.16. The fraction of sp³-hybridized carbons (Fsp3) is 0.529. The van der Waals surface area contributed by atoms with Crippen molar-refractivity contribution in [2.24, 2.45) is 7.05 Å². The molecule has 1 N–H and O–H groups in total. The lowest BCUT2D eigenvalue weighted by molar-refractivity contribution is 0.167. The van der Waals surface area contributed by atoms with Gasteiger partial charge in [-0.1, -0.05) is 43.7 Å². The molecule has 1 heterocycles. The van der Waals surface area contributed by atoms with Gasteiger partial charge in [-0.2, -0.15) is 5.10 Å². The zero-order valence-corrected chi connectivity index (χ0v) is 12.9. The molecule has 1 atom stereocenters. The van der Waals surface area contributed by atoms with Gasteiger partial charge in [0.05, 0.1) is 0 Å². The second-order valence-electron chi connectivity index (χ2n) is 5.99. The third-order valence-corrected chi connectivity index (χ3v) is 4.90. The van der Waals surface area contributed by atoms with Crippen LogP contribution >= 0.6 is 0 Å². The summed E-state index contributed by atoms with van der Waals surface area (Å²) in [6, 6.07) is 11.4. The average Bonchev–Trinajstić information content (AvgIpc) is 2.85. The van der Waals surface area contributed by atoms with Crippen molar-refractivity contribution in [1.82, 2.24) is 20.1 Å². The van der Waals surface area contributed by atoms with Gasteiger partial charge in [0, 0.05) is 24.9 Å². The lowest BCUT2D eigenvalue weighted by atomic mass is 9.59. The number of rotatable bonds is 6. The number of nitrogens with one attached hydrogen (secondary N) is 1. The Balaban J connectivity index is 1.90. The smallest absolute Gasteiger partial charge is 0.138 e. The Morgan fingerprint density at radius 2 is 2.05 bits per heavy atom. The first-order valence-electron chi connectivity index (χ1n) is 7.88. The van der Waals surface area contributed by atoms with Gasteiger partial charge in [-0.3, -0.25) is 4.68 Å². The molecule has 4 nitrogen and oxygen atoms in total. The molecule has 1 aromatic heterocycles. The fourth-order valence-electron chi connectivity index (χ4n) is 3.56. The van der Waals surface area contributed by atoms with Crippen molar-refractivity contribution in [3.8, 4) is 0 Å². The maximum absolute atomic E-state index is 4.42. The molecular weight excluding hydrogens is 260 g/mol. The van der Waals surface area contributed by atoms with Crippen LogP contribution in [0.15, 0.2) is 36.7 Å². The van der Waals surface area contributed by atoms with Crippen molar-refractivity contribution < 1.29 is 0 Å². The molecule has 1 aliphatic rings. The molecular formula is C17H24N4. The van der Waals surface area contributed by atoms with Gasteiger partial charge in [0.2, 0.25) is 0 Å². The SMILES string of the molecule is CCNC(Cc1ncnn1C)C1(c2ccccc2)CCC1. The van der Waals surface area contributed by atoms with Crippen LogP contribution in [0.2, 0.25) is 0 Å². The molecule has 112 valence electrons. The number of likely N-dealkylation sites (N-methyl/N-ethyl adjacent to an activating group) is 1. The zero-order chi connectivity index (χ0) is 14.7. The molecule has 0 aliphatic heterocycles. The van der Waals surface area contributed by atoms with Crippen LogP contribution < -0.4 is 5.32 Å². The molecule has 0 amide bonds. The monoisotopic (exact) mass is 284 g/mol. The minimum absolute atomic E-state index is 0.253. The summed E-state index contributed by atoms with van der Waals surface area (Å²) in [4.78, 5) is 4.42. The molecule has 1 aromatic carbocycles. The van der Waals surface area contributed by atoms with E-state index >= 15 is 0 Å². The predicted molar refractivity (Wildman–Crippen MR) is 84.1 cm³/mol. The summed E-state index contributed by atoms with van der Waals surface area (Å²) in [5.41, 5.74) is 1.72. The summed E-state index contributed by atoms with van der Waals surface area (Å²) >= 11 is 0. The number of hydrogen-bond acceptors (Lipinski definition) is 3. The lowest BCUT2D eigenvalue weighted by Gasteiger charge is -2.48. The van der Waals surface area contributed by atoms with Gasteiger partial charge in [0.1, 0.15) is 12.2 Å². The molecule has 2 aromatic rings. The van der Waals surface area contributed by atoms with Crippen LogP contribution in [-0.2, 0) is 18.9 Å². The highest BCUT2D eigenvalue weighted by molar-refractivity contribution is 5.31. The van der Waals surface area contributed by atoms with Crippen molar-refractivity contribution >= 4 is 0 Å². The van der Waals surface area contributed by atoms with Crippen molar-refractivity contribution in [2.45, 2.75) is 44.1 Å². The number of aryl methyl sites for hydroxylation is 1. The molecule has 21 heavy (non-hydrogen) atoms. The normalized spacial score (nSPS) is 18.2. The van der Waals surface area contributed by atoms with Crippen LogP contribution in [-0.4, -0.2) is 27.4 Å². The van der Waals surface area contributed by atoms with E-state index in [0.717, 1.165) is 18.8 Å². The second-order valence-corrected chi connectivity index (χ2v) is 5.99. The predicted octanol–water partition coefficient (Wildman–Crippen LogP) is 2.46. The standard InChI is InChI=1S/C17H24N4/c1-3-18-15(12-16-19-13-20-21(16)2)17(10-7-11-17)14-8-5-4-6-9-14/h4-6,8-9,13,15,18H,3,7,10-12H2,1-2H3. The van der Waals surface area contributed by atoms with E-state index in [1.165, 1.54) is 24.8 Å². The Hall–Kier alpha value is -1.68. The molecule has 1 unspecified atom stereocenters. The number of nitrogens with zero attached hydrogens (tertiary/aromatic N) is 3. The first kappa shape index (κ1) is 14.3. The maximum atomic E-state index is 4.42. The molecule has 0 bridgehead atoms. The maximum Gasteiger partial charge on any atom is 0.138 e. The number of aromatic nitrogens is 3. The van der Waals surface area contributed by atoms with Gasteiger partial charge in [0.15, 0.2) is 0 Å². The molecule has 1 saturated carbocycles. The van der Waals surface area contributed by atoms with Crippen molar-refractivity contribution in [2.75, 3.05) is 6.54 Å². The van der Waals surface area contributed by atoms with E-state index in [4.69, 9.17) is 0 Å². The van der Waals surface area contributed by atoms with E-state index in [1.54, 1.807) is 6.33 Å². The highest BCUT2D eigenvalue weighted by atomic mass is 15.3. The third kappa shape index (κ3) is 2.60. The van der Waals surface area contributed by atoms with E-state index in [9.17, 15) is 0 Å². The van der Waals surface area contributed by atoms with E-state index in [0.29, 0.717) is 6.04 Å². The van der Waals surface area contributed by atoms with Crippen LogP contribution in [0.4, 0.5) is 0 Å². The summed E-state index contributed by atoms with van der Waals surface area (Å²) < 4.78 is 1.89. The Morgan fingerprint density at radius 1 is 1.29 bits per heavy atom. The first-order valence-corrected chi connectivity index (χ1v) is 7.88. The van der Waals surface area contributed by atoms with Crippen LogP contribution in [0.5, 0.6) is 0 Å². The zero-order valence-electron chi connectivity index (χ0n) is 12.9.